The van der Waals surface area contributed by atoms with Crippen LogP contribution in [-0.4, -0.2) is 33.1 Å². The highest BCUT2D eigenvalue weighted by atomic mass is 35.5. The lowest BCUT2D eigenvalue weighted by Gasteiger charge is -2.07. The molecule has 2 aromatic carbocycles. The van der Waals surface area contributed by atoms with Crippen molar-refractivity contribution in [3.8, 4) is 0 Å². The number of carbonyl (C=O) groups excluding carboxylic acids is 3. The molecule has 8 heteroatoms. The van der Waals surface area contributed by atoms with Crippen molar-refractivity contribution in [2.75, 3.05) is 11.9 Å². The zero-order chi connectivity index (χ0) is 22.0. The van der Waals surface area contributed by atoms with Crippen LogP contribution in [0, 0.1) is 0 Å². The van der Waals surface area contributed by atoms with Gasteiger partial charge in [0.1, 0.15) is 6.54 Å². The fourth-order valence-corrected chi connectivity index (χ4v) is 4.30. The van der Waals surface area contributed by atoms with Crippen LogP contribution in [0.25, 0.3) is 17.0 Å². The molecule has 1 aliphatic heterocycles. The molecule has 0 atom stereocenters. The Hall–Kier alpha value is -3.29. The van der Waals surface area contributed by atoms with Gasteiger partial charge in [-0.2, -0.15) is 0 Å². The van der Waals surface area contributed by atoms with Crippen LogP contribution >= 0.6 is 23.4 Å². The van der Waals surface area contributed by atoms with Gasteiger partial charge < -0.3 is 9.88 Å². The van der Waals surface area contributed by atoms with Crippen molar-refractivity contribution < 1.29 is 14.4 Å². The summed E-state index contributed by atoms with van der Waals surface area (Å²) < 4.78 is 1.82. The lowest BCUT2D eigenvalue weighted by molar-refractivity contribution is -0.122. The molecule has 1 N–H and O–H groups in total. The fourth-order valence-electron chi connectivity index (χ4n) is 3.34. The molecule has 0 spiro atoms. The first-order valence-corrected chi connectivity index (χ1v) is 10.7. The Morgan fingerprint density at radius 3 is 2.61 bits per heavy atom. The Morgan fingerprint density at radius 2 is 1.87 bits per heavy atom. The number of imide groups is 1. The summed E-state index contributed by atoms with van der Waals surface area (Å²) in [6.45, 7) is 3.85. The monoisotopic (exact) mass is 451 g/mol. The number of rotatable bonds is 6. The molecule has 3 amide bonds. The predicted molar refractivity (Wildman–Crippen MR) is 125 cm³/mol. The molecule has 0 radical (unpaired) electrons. The van der Waals surface area contributed by atoms with E-state index in [1.165, 1.54) is 6.08 Å². The molecule has 0 saturated carbocycles. The molecule has 4 rings (SSSR count). The largest absolute Gasteiger partial charge is 0.337 e. The number of fused-ring (bicyclic) bond motifs is 1. The van der Waals surface area contributed by atoms with Crippen LogP contribution in [0.2, 0.25) is 5.02 Å². The van der Waals surface area contributed by atoms with E-state index in [1.54, 1.807) is 30.3 Å². The Balaban J connectivity index is 1.61. The Kier molecular flexibility index (Phi) is 5.97. The predicted octanol–water partition coefficient (Wildman–Crippen LogP) is 5.16. The molecule has 6 nitrogen and oxygen atoms in total. The first kappa shape index (κ1) is 21.0. The van der Waals surface area contributed by atoms with Gasteiger partial charge in [-0.15, -0.1) is 6.58 Å². The number of nitrogens with one attached hydrogen (secondary N) is 1. The molecule has 156 valence electrons. The van der Waals surface area contributed by atoms with Crippen LogP contribution in [0.3, 0.4) is 0 Å². The normalized spacial score (nSPS) is 15.1. The van der Waals surface area contributed by atoms with Crippen LogP contribution in [0.1, 0.15) is 5.56 Å². The van der Waals surface area contributed by atoms with E-state index < -0.39 is 0 Å². The molecule has 3 aromatic rings. The van der Waals surface area contributed by atoms with Gasteiger partial charge >= 0.3 is 0 Å². The van der Waals surface area contributed by atoms with Gasteiger partial charge in [0.05, 0.1) is 4.91 Å². The molecular formula is C23H18ClN3O3S. The molecular weight excluding hydrogens is 434 g/mol. The second-order valence-electron chi connectivity index (χ2n) is 6.87. The second kappa shape index (κ2) is 8.83. The highest BCUT2D eigenvalue weighted by molar-refractivity contribution is 8.18. The van der Waals surface area contributed by atoms with Crippen LogP contribution in [0.5, 0.6) is 0 Å². The van der Waals surface area contributed by atoms with Gasteiger partial charge in [0.15, 0.2) is 0 Å². The van der Waals surface area contributed by atoms with E-state index in [-0.39, 0.29) is 30.1 Å². The number of halogens is 1. The second-order valence-corrected chi connectivity index (χ2v) is 8.30. The van der Waals surface area contributed by atoms with Gasteiger partial charge in [0, 0.05) is 39.9 Å². The lowest BCUT2D eigenvalue weighted by atomic mass is 10.1. The number of nitrogens with zero attached hydrogens (tertiary/aromatic N) is 2. The van der Waals surface area contributed by atoms with Gasteiger partial charge in [0.2, 0.25) is 5.91 Å². The van der Waals surface area contributed by atoms with Gasteiger partial charge in [-0.25, -0.2) is 0 Å². The molecule has 0 aliphatic carbocycles. The molecule has 1 saturated heterocycles. The van der Waals surface area contributed by atoms with Crippen LogP contribution < -0.4 is 5.32 Å². The number of amides is 3. The van der Waals surface area contributed by atoms with Crippen molar-refractivity contribution in [3.63, 3.8) is 0 Å². The van der Waals surface area contributed by atoms with Gasteiger partial charge in [0.25, 0.3) is 11.1 Å². The number of thioether (sulfide) groups is 1. The molecule has 0 unspecified atom stereocenters. The highest BCUT2D eigenvalue weighted by Gasteiger charge is 2.34. The minimum absolute atomic E-state index is 0.0922. The summed E-state index contributed by atoms with van der Waals surface area (Å²) in [6, 6.07) is 14.5. The van der Waals surface area contributed by atoms with E-state index in [1.807, 2.05) is 35.0 Å². The molecule has 2 heterocycles. The number of hydrogen-bond acceptors (Lipinski definition) is 4. The van der Waals surface area contributed by atoms with E-state index in [4.69, 9.17) is 11.6 Å². The molecule has 1 fully saturated rings. The van der Waals surface area contributed by atoms with Gasteiger partial charge in [-0.3, -0.25) is 19.3 Å². The quantitative estimate of drug-likeness (QED) is 0.415. The van der Waals surface area contributed by atoms with Crippen LogP contribution in [0.15, 0.2) is 72.3 Å². The first-order valence-electron chi connectivity index (χ1n) is 9.46. The van der Waals surface area contributed by atoms with E-state index in [2.05, 4.69) is 11.9 Å². The molecule has 1 aliphatic rings. The Bertz CT molecular complexity index is 1230. The molecule has 0 bridgehead atoms. The third-order valence-corrected chi connectivity index (χ3v) is 5.89. The average molecular weight is 452 g/mol. The molecule has 1 aromatic heterocycles. The highest BCUT2D eigenvalue weighted by Crippen LogP contribution is 2.34. The van der Waals surface area contributed by atoms with Crippen molar-refractivity contribution >= 4 is 63.1 Å². The maximum atomic E-state index is 12.6. The number of para-hydroxylation sites is 1. The Morgan fingerprint density at radius 1 is 1.13 bits per heavy atom. The van der Waals surface area contributed by atoms with E-state index in [0.717, 1.165) is 33.1 Å². The van der Waals surface area contributed by atoms with E-state index in [9.17, 15) is 14.4 Å². The maximum Gasteiger partial charge on any atom is 0.293 e. The van der Waals surface area contributed by atoms with Crippen molar-refractivity contribution in [1.82, 2.24) is 9.47 Å². The topological polar surface area (TPSA) is 71.4 Å². The van der Waals surface area contributed by atoms with Crippen molar-refractivity contribution in [2.24, 2.45) is 0 Å². The summed E-state index contributed by atoms with van der Waals surface area (Å²) >= 11 is 6.79. The number of benzene rings is 2. The molecule has 31 heavy (non-hydrogen) atoms. The van der Waals surface area contributed by atoms with Gasteiger partial charge in [-0.05, 0) is 48.2 Å². The van der Waals surface area contributed by atoms with E-state index in [0.29, 0.717) is 15.6 Å². The zero-order valence-electron chi connectivity index (χ0n) is 16.4. The summed E-state index contributed by atoms with van der Waals surface area (Å²) in [4.78, 5) is 38.7. The van der Waals surface area contributed by atoms with Gasteiger partial charge in [-0.1, -0.05) is 35.9 Å². The van der Waals surface area contributed by atoms with Crippen LogP contribution in [0.4, 0.5) is 10.5 Å². The number of hydrogen-bond donors (Lipinski definition) is 1. The third kappa shape index (κ3) is 4.42. The first-order chi connectivity index (χ1) is 15.0. The zero-order valence-corrected chi connectivity index (χ0v) is 17.9. The summed E-state index contributed by atoms with van der Waals surface area (Å²) in [5.74, 6) is -0.534. The summed E-state index contributed by atoms with van der Waals surface area (Å²) in [5.41, 5.74) is 2.27. The van der Waals surface area contributed by atoms with E-state index >= 15 is 0 Å². The maximum absolute atomic E-state index is 12.6. The number of carbonyl (C=O) groups is 3. The Labute approximate surface area is 188 Å². The smallest absolute Gasteiger partial charge is 0.293 e. The SMILES string of the molecule is C=CCN1C(=O)S/C(=C/c2cn(CC(=O)Nc3ccc(Cl)cc3)c3ccccc23)C1=O. The summed E-state index contributed by atoms with van der Waals surface area (Å²) in [5, 5.41) is 4.01. The fraction of sp³-hybridized carbons (Fsp3) is 0.0870. The lowest BCUT2D eigenvalue weighted by Crippen LogP contribution is -2.27. The van der Waals surface area contributed by atoms with Crippen LogP contribution in [-0.2, 0) is 16.1 Å². The minimum atomic E-state index is -0.341. The third-order valence-electron chi connectivity index (χ3n) is 4.73. The number of aromatic nitrogens is 1. The minimum Gasteiger partial charge on any atom is -0.337 e. The standard InChI is InChI=1S/C23H18ClN3O3S/c1-2-11-27-22(29)20(31-23(27)30)12-15-13-26(19-6-4-3-5-18(15)19)14-21(28)25-17-9-7-16(24)8-10-17/h2-10,12-13H,1,11,14H2,(H,25,28)/b20-12+. The number of anilines is 1. The average Bonchev–Trinajstić information content (AvgIpc) is 3.22. The summed E-state index contributed by atoms with van der Waals surface area (Å²) in [6.07, 6.45) is 5.03. The summed E-state index contributed by atoms with van der Waals surface area (Å²) in [7, 11) is 0. The van der Waals surface area contributed by atoms with Crippen molar-refractivity contribution in [2.45, 2.75) is 6.54 Å². The van der Waals surface area contributed by atoms with Crippen molar-refractivity contribution in [3.05, 3.63) is 82.9 Å². The van der Waals surface area contributed by atoms with Crippen molar-refractivity contribution in [1.29, 1.82) is 0 Å².